The molecule has 4 nitrogen and oxygen atoms in total. The van der Waals surface area contributed by atoms with Crippen LogP contribution in [0.3, 0.4) is 0 Å². The number of carbonyl (C=O) groups excluding carboxylic acids is 3. The third-order valence-electron chi connectivity index (χ3n) is 6.69. The van der Waals surface area contributed by atoms with E-state index in [0.717, 1.165) is 16.5 Å². The van der Waals surface area contributed by atoms with Crippen LogP contribution in [-0.4, -0.2) is 24.0 Å². The first-order valence-electron chi connectivity index (χ1n) is 9.24. The highest BCUT2D eigenvalue weighted by Gasteiger charge is 2.73. The van der Waals surface area contributed by atoms with Gasteiger partial charge < -0.3 is 4.90 Å². The summed E-state index contributed by atoms with van der Waals surface area (Å²) in [6.45, 7) is 6.18. The lowest BCUT2D eigenvalue weighted by Gasteiger charge is -2.38. The molecule has 0 radical (unpaired) electrons. The van der Waals surface area contributed by atoms with Crippen molar-refractivity contribution < 1.29 is 14.4 Å². The molecule has 0 aliphatic heterocycles. The Bertz CT molecular complexity index is 940. The van der Waals surface area contributed by atoms with E-state index in [-0.39, 0.29) is 17.6 Å². The Balaban J connectivity index is 1.86. The molecular formula is C22H23NO3. The monoisotopic (exact) mass is 349 g/mol. The number of ketones is 2. The van der Waals surface area contributed by atoms with Gasteiger partial charge in [-0.25, -0.2) is 0 Å². The molecule has 0 aromatic heterocycles. The largest absolute Gasteiger partial charge is 0.311 e. The van der Waals surface area contributed by atoms with Gasteiger partial charge in [-0.1, -0.05) is 50.2 Å². The van der Waals surface area contributed by atoms with Crippen molar-refractivity contribution in [2.45, 2.75) is 33.6 Å². The Labute approximate surface area is 153 Å². The number of amides is 1. The number of benzene rings is 2. The zero-order valence-corrected chi connectivity index (χ0v) is 15.4. The summed E-state index contributed by atoms with van der Waals surface area (Å²) < 4.78 is 0. The lowest BCUT2D eigenvalue weighted by Crippen LogP contribution is -2.52. The first-order valence-corrected chi connectivity index (χ1v) is 9.24. The number of anilines is 1. The molecule has 0 spiro atoms. The number of carbonyl (C=O) groups is 3. The first-order chi connectivity index (χ1) is 12.4. The van der Waals surface area contributed by atoms with Crippen LogP contribution >= 0.6 is 0 Å². The predicted octanol–water partition coefficient (Wildman–Crippen LogP) is 3.77. The van der Waals surface area contributed by atoms with Crippen molar-refractivity contribution in [3.05, 3.63) is 42.5 Å². The highest BCUT2D eigenvalue weighted by Crippen LogP contribution is 2.63. The van der Waals surface area contributed by atoms with Crippen LogP contribution in [0.2, 0.25) is 0 Å². The van der Waals surface area contributed by atoms with Gasteiger partial charge in [0.15, 0.2) is 0 Å². The van der Waals surface area contributed by atoms with Gasteiger partial charge in [0.05, 0.1) is 5.69 Å². The standard InChI is InChI=1S/C22H23NO3/c1-4-23(17-11-7-9-14-8-5-6-10-15(14)17)20(26)22-13-12-16(21(22,2)3)18(24)19(22)25/h5-11,16H,4,12-13H2,1-3H3. The number of hydrogen-bond donors (Lipinski definition) is 0. The maximum atomic E-state index is 13.7. The van der Waals surface area contributed by atoms with Crippen LogP contribution in [0.4, 0.5) is 5.69 Å². The fourth-order valence-electron chi connectivity index (χ4n) is 5.15. The van der Waals surface area contributed by atoms with Crippen molar-refractivity contribution in [2.24, 2.45) is 16.7 Å². The molecule has 2 aromatic carbocycles. The summed E-state index contributed by atoms with van der Waals surface area (Å²) in [6, 6.07) is 13.8. The summed E-state index contributed by atoms with van der Waals surface area (Å²) in [7, 11) is 0. The molecule has 2 aromatic rings. The first kappa shape index (κ1) is 17.0. The van der Waals surface area contributed by atoms with Crippen LogP contribution in [0, 0.1) is 16.7 Å². The highest BCUT2D eigenvalue weighted by molar-refractivity contribution is 6.48. The van der Waals surface area contributed by atoms with Gasteiger partial charge in [-0.2, -0.15) is 0 Å². The maximum Gasteiger partial charge on any atom is 0.241 e. The van der Waals surface area contributed by atoms with Crippen LogP contribution in [0.25, 0.3) is 10.8 Å². The minimum Gasteiger partial charge on any atom is -0.311 e. The van der Waals surface area contributed by atoms with E-state index in [1.54, 1.807) is 4.90 Å². The van der Waals surface area contributed by atoms with Gasteiger partial charge in [0.2, 0.25) is 17.5 Å². The van der Waals surface area contributed by atoms with Crippen molar-refractivity contribution in [3.8, 4) is 0 Å². The summed E-state index contributed by atoms with van der Waals surface area (Å²) in [5, 5.41) is 2.02. The fraction of sp³-hybridized carbons (Fsp3) is 0.409. The normalized spacial score (nSPS) is 26.5. The highest BCUT2D eigenvalue weighted by atomic mass is 16.2. The topological polar surface area (TPSA) is 54.5 Å². The second-order valence-corrected chi connectivity index (χ2v) is 7.96. The molecular weight excluding hydrogens is 326 g/mol. The Morgan fingerprint density at radius 2 is 1.81 bits per heavy atom. The molecule has 0 N–H and O–H groups in total. The SMILES string of the molecule is CCN(C(=O)C12CCC(C(=O)C1=O)C2(C)C)c1cccc2ccccc12. The third-order valence-corrected chi connectivity index (χ3v) is 6.69. The molecule has 0 heterocycles. The number of rotatable bonds is 3. The van der Waals surface area contributed by atoms with Gasteiger partial charge in [-0.05, 0) is 36.6 Å². The predicted molar refractivity (Wildman–Crippen MR) is 101 cm³/mol. The van der Waals surface area contributed by atoms with E-state index in [4.69, 9.17) is 0 Å². The number of nitrogens with zero attached hydrogens (tertiary/aromatic N) is 1. The van der Waals surface area contributed by atoms with Crippen molar-refractivity contribution in [1.82, 2.24) is 0 Å². The van der Waals surface area contributed by atoms with Gasteiger partial charge in [0.1, 0.15) is 5.41 Å². The van der Waals surface area contributed by atoms with Crippen molar-refractivity contribution in [1.29, 1.82) is 0 Å². The van der Waals surface area contributed by atoms with Crippen LogP contribution in [0.15, 0.2) is 42.5 Å². The van der Waals surface area contributed by atoms with E-state index >= 15 is 0 Å². The fourth-order valence-corrected chi connectivity index (χ4v) is 5.15. The van der Waals surface area contributed by atoms with Crippen LogP contribution < -0.4 is 4.90 Å². The Morgan fingerprint density at radius 1 is 1.12 bits per heavy atom. The van der Waals surface area contributed by atoms with E-state index in [9.17, 15) is 14.4 Å². The van der Waals surface area contributed by atoms with Crippen molar-refractivity contribution in [3.63, 3.8) is 0 Å². The molecule has 26 heavy (non-hydrogen) atoms. The van der Waals surface area contributed by atoms with Gasteiger partial charge in [0, 0.05) is 17.8 Å². The van der Waals surface area contributed by atoms with Crippen LogP contribution in [0.1, 0.15) is 33.6 Å². The van der Waals surface area contributed by atoms with Crippen molar-refractivity contribution >= 4 is 33.9 Å². The van der Waals surface area contributed by atoms with Gasteiger partial charge in [0.25, 0.3) is 0 Å². The maximum absolute atomic E-state index is 13.7. The minimum atomic E-state index is -1.22. The lowest BCUT2D eigenvalue weighted by atomic mass is 9.68. The summed E-state index contributed by atoms with van der Waals surface area (Å²) in [5.74, 6) is -1.39. The third kappa shape index (κ3) is 1.87. The molecule has 1 amide bonds. The Kier molecular flexibility index (Phi) is 3.59. The number of Topliss-reactive ketones (excluding diaryl/α,β-unsaturated/α-hetero) is 2. The van der Waals surface area contributed by atoms with Gasteiger partial charge in [-0.15, -0.1) is 0 Å². The Morgan fingerprint density at radius 3 is 2.46 bits per heavy atom. The van der Waals surface area contributed by atoms with Gasteiger partial charge >= 0.3 is 0 Å². The molecule has 2 aliphatic carbocycles. The average molecular weight is 349 g/mol. The summed E-state index contributed by atoms with van der Waals surface area (Å²) in [4.78, 5) is 40.7. The van der Waals surface area contributed by atoms with E-state index in [1.165, 1.54) is 0 Å². The van der Waals surface area contributed by atoms with Crippen molar-refractivity contribution in [2.75, 3.05) is 11.4 Å². The van der Waals surface area contributed by atoms with Crippen LogP contribution in [-0.2, 0) is 14.4 Å². The summed E-state index contributed by atoms with van der Waals surface area (Å²) in [6.07, 6.45) is 1.09. The molecule has 4 heteroatoms. The second-order valence-electron chi connectivity index (χ2n) is 7.96. The lowest BCUT2D eigenvalue weighted by molar-refractivity contribution is -0.148. The molecule has 4 rings (SSSR count). The second kappa shape index (κ2) is 5.50. The average Bonchev–Trinajstić information content (AvgIpc) is 2.99. The molecule has 2 unspecified atom stereocenters. The zero-order chi connectivity index (χ0) is 18.7. The smallest absolute Gasteiger partial charge is 0.241 e. The van der Waals surface area contributed by atoms with E-state index in [1.807, 2.05) is 63.2 Å². The van der Waals surface area contributed by atoms with Gasteiger partial charge in [-0.3, -0.25) is 14.4 Å². The molecule has 2 fully saturated rings. The molecule has 0 saturated heterocycles. The Hall–Kier alpha value is -2.49. The minimum absolute atomic E-state index is 0.222. The number of fused-ring (bicyclic) bond motifs is 3. The van der Waals surface area contributed by atoms with E-state index < -0.39 is 16.6 Å². The summed E-state index contributed by atoms with van der Waals surface area (Å²) >= 11 is 0. The number of hydrogen-bond acceptors (Lipinski definition) is 3. The molecule has 2 atom stereocenters. The molecule has 134 valence electrons. The van der Waals surface area contributed by atoms with Crippen LogP contribution in [0.5, 0.6) is 0 Å². The summed E-state index contributed by atoms with van der Waals surface area (Å²) in [5.41, 5.74) is -1.05. The molecule has 2 bridgehead atoms. The molecule has 2 aliphatic rings. The molecule has 2 saturated carbocycles. The quantitative estimate of drug-likeness (QED) is 0.626. The van der Waals surface area contributed by atoms with E-state index in [0.29, 0.717) is 19.4 Å². The van der Waals surface area contributed by atoms with E-state index in [2.05, 4.69) is 0 Å². The zero-order valence-electron chi connectivity index (χ0n) is 15.4.